The van der Waals surface area contributed by atoms with Crippen molar-refractivity contribution in [3.8, 4) is 0 Å². The van der Waals surface area contributed by atoms with Gasteiger partial charge in [-0.3, -0.25) is 19.7 Å². The maximum absolute atomic E-state index is 12.0. The van der Waals surface area contributed by atoms with Gasteiger partial charge in [-0.15, -0.1) is 0 Å². The van der Waals surface area contributed by atoms with Crippen molar-refractivity contribution in [3.63, 3.8) is 0 Å². The van der Waals surface area contributed by atoms with Crippen LogP contribution in [-0.2, 0) is 0 Å². The molecule has 2 aromatic rings. The third-order valence-corrected chi connectivity index (χ3v) is 3.08. The molecule has 0 aliphatic rings. The van der Waals surface area contributed by atoms with E-state index in [9.17, 15) is 19.7 Å². The van der Waals surface area contributed by atoms with Gasteiger partial charge in [-0.25, -0.2) is 0 Å². The summed E-state index contributed by atoms with van der Waals surface area (Å²) in [6, 6.07) is 6.80. The van der Waals surface area contributed by atoms with Crippen LogP contribution in [0.2, 0.25) is 5.02 Å². The number of amides is 2. The normalized spacial score (nSPS) is 10.1. The number of nitrogens with one attached hydrogen (secondary N) is 2. The lowest BCUT2D eigenvalue weighted by molar-refractivity contribution is -0.385. The van der Waals surface area contributed by atoms with Gasteiger partial charge in [-0.2, -0.15) is 0 Å². The van der Waals surface area contributed by atoms with Gasteiger partial charge in [0.15, 0.2) is 5.76 Å². The van der Waals surface area contributed by atoms with E-state index in [0.29, 0.717) is 0 Å². The van der Waals surface area contributed by atoms with Crippen molar-refractivity contribution < 1.29 is 18.9 Å². The number of hydrogen-bond acceptors (Lipinski definition) is 5. The molecule has 0 aliphatic heterocycles. The third kappa shape index (κ3) is 4.30. The Kier molecular flexibility index (Phi) is 5.32. The van der Waals surface area contributed by atoms with E-state index in [-0.39, 0.29) is 35.1 Å². The highest BCUT2D eigenvalue weighted by atomic mass is 35.5. The fourth-order valence-corrected chi connectivity index (χ4v) is 1.96. The van der Waals surface area contributed by atoms with Crippen molar-refractivity contribution in [2.75, 3.05) is 13.1 Å². The first-order chi connectivity index (χ1) is 11.0. The van der Waals surface area contributed by atoms with Gasteiger partial charge in [0.1, 0.15) is 5.56 Å². The number of rotatable bonds is 6. The Balaban J connectivity index is 1.89. The second-order valence-electron chi connectivity index (χ2n) is 4.41. The highest BCUT2D eigenvalue weighted by Gasteiger charge is 2.20. The lowest BCUT2D eigenvalue weighted by atomic mass is 10.1. The summed E-state index contributed by atoms with van der Waals surface area (Å²) in [6.45, 7) is 0.231. The number of benzene rings is 1. The summed E-state index contributed by atoms with van der Waals surface area (Å²) in [7, 11) is 0. The largest absolute Gasteiger partial charge is 0.459 e. The Labute approximate surface area is 135 Å². The standard InChI is InChI=1S/C14H12ClN3O5/c15-9-3-4-11(18(21)22)10(8-9)13(19)16-5-6-17-14(20)12-2-1-7-23-12/h1-4,7-8H,5-6H2,(H,16,19)(H,17,20). The molecule has 2 rings (SSSR count). The molecule has 120 valence electrons. The molecular weight excluding hydrogens is 326 g/mol. The third-order valence-electron chi connectivity index (χ3n) is 2.84. The summed E-state index contributed by atoms with van der Waals surface area (Å²) in [5.74, 6) is -0.911. The number of nitro benzene ring substituents is 1. The fourth-order valence-electron chi connectivity index (χ4n) is 1.79. The van der Waals surface area contributed by atoms with Crippen LogP contribution in [0, 0.1) is 10.1 Å². The van der Waals surface area contributed by atoms with Crippen LogP contribution in [0.1, 0.15) is 20.9 Å². The molecule has 1 aromatic carbocycles. The predicted octanol–water partition coefficient (Wildman–Crippen LogP) is 2.00. The maximum Gasteiger partial charge on any atom is 0.287 e. The van der Waals surface area contributed by atoms with Gasteiger partial charge in [0, 0.05) is 24.2 Å². The monoisotopic (exact) mass is 337 g/mol. The number of carbonyl (C=O) groups is 2. The highest BCUT2D eigenvalue weighted by Crippen LogP contribution is 2.22. The van der Waals surface area contributed by atoms with E-state index in [1.165, 1.54) is 24.5 Å². The lowest BCUT2D eigenvalue weighted by Gasteiger charge is -2.07. The van der Waals surface area contributed by atoms with E-state index in [0.717, 1.165) is 6.07 Å². The molecule has 1 aromatic heterocycles. The number of nitrogens with zero attached hydrogens (tertiary/aromatic N) is 1. The quantitative estimate of drug-likeness (QED) is 0.475. The average molecular weight is 338 g/mol. The molecule has 0 aliphatic carbocycles. The first-order valence-electron chi connectivity index (χ1n) is 6.53. The minimum absolute atomic E-state index is 0.0922. The number of halogens is 1. The van der Waals surface area contributed by atoms with Crippen molar-refractivity contribution in [3.05, 3.63) is 63.1 Å². The molecule has 2 amide bonds. The molecule has 0 bridgehead atoms. The van der Waals surface area contributed by atoms with Crippen LogP contribution in [0.25, 0.3) is 0 Å². The molecule has 23 heavy (non-hydrogen) atoms. The second kappa shape index (κ2) is 7.41. The maximum atomic E-state index is 12.0. The Morgan fingerprint density at radius 2 is 1.87 bits per heavy atom. The molecular formula is C14H12ClN3O5. The molecule has 2 N–H and O–H groups in total. The first kappa shape index (κ1) is 16.5. The fraction of sp³-hybridized carbons (Fsp3) is 0.143. The van der Waals surface area contributed by atoms with Gasteiger partial charge in [0.05, 0.1) is 11.2 Å². The number of carbonyl (C=O) groups excluding carboxylic acids is 2. The van der Waals surface area contributed by atoms with Gasteiger partial charge in [0.25, 0.3) is 17.5 Å². The van der Waals surface area contributed by atoms with Gasteiger partial charge in [-0.05, 0) is 24.3 Å². The van der Waals surface area contributed by atoms with E-state index in [4.69, 9.17) is 16.0 Å². The summed E-state index contributed by atoms with van der Waals surface area (Å²) >= 11 is 5.76. The minimum atomic E-state index is -0.663. The summed E-state index contributed by atoms with van der Waals surface area (Å²) in [5, 5.41) is 16.1. The van der Waals surface area contributed by atoms with Crippen LogP contribution in [0.4, 0.5) is 5.69 Å². The lowest BCUT2D eigenvalue weighted by Crippen LogP contribution is -2.34. The molecule has 0 atom stereocenters. The first-order valence-corrected chi connectivity index (χ1v) is 6.90. The van der Waals surface area contributed by atoms with Gasteiger partial charge in [0.2, 0.25) is 0 Å². The second-order valence-corrected chi connectivity index (χ2v) is 4.84. The molecule has 8 nitrogen and oxygen atoms in total. The molecule has 0 fully saturated rings. The van der Waals surface area contributed by atoms with Crippen LogP contribution >= 0.6 is 11.6 Å². The van der Waals surface area contributed by atoms with Crippen LogP contribution in [0.15, 0.2) is 41.0 Å². The average Bonchev–Trinajstić information content (AvgIpc) is 3.05. The molecule has 0 spiro atoms. The molecule has 0 radical (unpaired) electrons. The molecule has 0 saturated heterocycles. The van der Waals surface area contributed by atoms with E-state index in [1.54, 1.807) is 6.07 Å². The van der Waals surface area contributed by atoms with Gasteiger partial charge in [-0.1, -0.05) is 11.6 Å². The SMILES string of the molecule is O=C(NCCNC(=O)c1cc(Cl)ccc1[N+](=O)[O-])c1ccco1. The van der Waals surface area contributed by atoms with E-state index >= 15 is 0 Å². The zero-order valence-electron chi connectivity index (χ0n) is 11.7. The molecule has 1 heterocycles. The van der Waals surface area contributed by atoms with Crippen LogP contribution in [-0.4, -0.2) is 29.8 Å². The van der Waals surface area contributed by atoms with Crippen molar-refractivity contribution >= 4 is 29.1 Å². The van der Waals surface area contributed by atoms with Gasteiger partial charge >= 0.3 is 0 Å². The Hall–Kier alpha value is -2.87. The number of hydrogen-bond donors (Lipinski definition) is 2. The summed E-state index contributed by atoms with van der Waals surface area (Å²) in [4.78, 5) is 33.8. The van der Waals surface area contributed by atoms with Crippen LogP contribution < -0.4 is 10.6 Å². The Morgan fingerprint density at radius 1 is 1.17 bits per heavy atom. The topological polar surface area (TPSA) is 114 Å². The zero-order valence-corrected chi connectivity index (χ0v) is 12.5. The van der Waals surface area contributed by atoms with E-state index in [1.807, 2.05) is 0 Å². The van der Waals surface area contributed by atoms with E-state index in [2.05, 4.69) is 10.6 Å². The van der Waals surface area contributed by atoms with Crippen LogP contribution in [0.5, 0.6) is 0 Å². The summed E-state index contributed by atoms with van der Waals surface area (Å²) < 4.78 is 4.91. The molecule has 9 heteroatoms. The minimum Gasteiger partial charge on any atom is -0.459 e. The molecule has 0 saturated carbocycles. The highest BCUT2D eigenvalue weighted by molar-refractivity contribution is 6.31. The number of nitro groups is 1. The predicted molar refractivity (Wildman–Crippen MR) is 81.5 cm³/mol. The van der Waals surface area contributed by atoms with Crippen molar-refractivity contribution in [2.45, 2.75) is 0 Å². The van der Waals surface area contributed by atoms with Crippen LogP contribution in [0.3, 0.4) is 0 Å². The van der Waals surface area contributed by atoms with Gasteiger partial charge < -0.3 is 15.1 Å². The summed E-state index contributed by atoms with van der Waals surface area (Å²) in [5.41, 5.74) is -0.480. The summed E-state index contributed by atoms with van der Waals surface area (Å²) in [6.07, 6.45) is 1.37. The smallest absolute Gasteiger partial charge is 0.287 e. The van der Waals surface area contributed by atoms with Crippen molar-refractivity contribution in [1.82, 2.24) is 10.6 Å². The van der Waals surface area contributed by atoms with E-state index < -0.39 is 16.7 Å². The van der Waals surface area contributed by atoms with Crippen molar-refractivity contribution in [2.24, 2.45) is 0 Å². The van der Waals surface area contributed by atoms with Crippen molar-refractivity contribution in [1.29, 1.82) is 0 Å². The Morgan fingerprint density at radius 3 is 2.48 bits per heavy atom. The Bertz CT molecular complexity index is 730. The molecule has 0 unspecified atom stereocenters. The number of furan rings is 1. The zero-order chi connectivity index (χ0) is 16.8.